The molecule has 0 fully saturated rings. The first-order valence-electron chi connectivity index (χ1n) is 6.74. The summed E-state index contributed by atoms with van der Waals surface area (Å²) < 4.78 is 11.3. The fourth-order valence-electron chi connectivity index (χ4n) is 1.69. The topological polar surface area (TPSA) is 34.4 Å². The molecule has 0 radical (unpaired) electrons. The van der Waals surface area contributed by atoms with Crippen LogP contribution in [0.3, 0.4) is 0 Å². The molecule has 114 valence electrons. The molecule has 0 aliphatic heterocycles. The molecule has 1 N–H and O–H groups in total. The van der Waals surface area contributed by atoms with Crippen LogP contribution < -0.4 is 10.1 Å². The van der Waals surface area contributed by atoms with Crippen molar-refractivity contribution >= 4 is 23.2 Å². The van der Waals surface area contributed by atoms with Crippen LogP contribution in [-0.4, -0.2) is 5.54 Å². The van der Waals surface area contributed by atoms with E-state index in [4.69, 9.17) is 32.4 Å². The Bertz CT molecular complexity index is 603. The first kappa shape index (κ1) is 16.2. The predicted molar refractivity (Wildman–Crippen MR) is 86.1 cm³/mol. The van der Waals surface area contributed by atoms with Crippen molar-refractivity contribution in [3.05, 3.63) is 51.9 Å². The highest BCUT2D eigenvalue weighted by Crippen LogP contribution is 2.28. The molecule has 21 heavy (non-hydrogen) atoms. The summed E-state index contributed by atoms with van der Waals surface area (Å²) in [5.41, 5.74) is 0.0558. The Morgan fingerprint density at radius 2 is 1.81 bits per heavy atom. The van der Waals surface area contributed by atoms with Gasteiger partial charge in [0.15, 0.2) is 0 Å². The first-order chi connectivity index (χ1) is 9.83. The number of ether oxygens (including phenoxy) is 1. The molecule has 0 aliphatic carbocycles. The molecule has 0 saturated heterocycles. The summed E-state index contributed by atoms with van der Waals surface area (Å²) in [6.45, 7) is 7.36. The summed E-state index contributed by atoms with van der Waals surface area (Å²) in [6, 6.07) is 8.99. The van der Waals surface area contributed by atoms with Gasteiger partial charge in [0.2, 0.25) is 0 Å². The van der Waals surface area contributed by atoms with Gasteiger partial charge in [0.25, 0.3) is 0 Å². The zero-order valence-electron chi connectivity index (χ0n) is 12.4. The van der Waals surface area contributed by atoms with Crippen molar-refractivity contribution in [2.45, 2.75) is 39.5 Å². The van der Waals surface area contributed by atoms with Crippen molar-refractivity contribution in [3.63, 3.8) is 0 Å². The zero-order chi connectivity index (χ0) is 15.5. The van der Waals surface area contributed by atoms with Gasteiger partial charge in [0.05, 0.1) is 11.6 Å². The minimum absolute atomic E-state index is 0.0558. The molecule has 0 aliphatic rings. The van der Waals surface area contributed by atoms with Gasteiger partial charge in [-0.1, -0.05) is 23.2 Å². The number of benzene rings is 1. The van der Waals surface area contributed by atoms with Crippen LogP contribution in [0.15, 0.2) is 34.7 Å². The zero-order valence-corrected chi connectivity index (χ0v) is 13.9. The minimum atomic E-state index is 0.0558. The monoisotopic (exact) mass is 327 g/mol. The SMILES string of the molecule is CC(C)(C)NCc1ccc(COc2ccc(Cl)cc2Cl)o1. The minimum Gasteiger partial charge on any atom is -0.484 e. The van der Waals surface area contributed by atoms with E-state index in [1.807, 2.05) is 12.1 Å². The summed E-state index contributed by atoms with van der Waals surface area (Å²) in [4.78, 5) is 0. The maximum Gasteiger partial charge on any atom is 0.146 e. The van der Waals surface area contributed by atoms with E-state index in [-0.39, 0.29) is 5.54 Å². The maximum absolute atomic E-state index is 6.05. The summed E-state index contributed by atoms with van der Waals surface area (Å²) in [7, 11) is 0. The Balaban J connectivity index is 1.90. The van der Waals surface area contributed by atoms with Crippen molar-refractivity contribution in [1.29, 1.82) is 0 Å². The largest absolute Gasteiger partial charge is 0.484 e. The normalized spacial score (nSPS) is 11.7. The number of hydrogen-bond acceptors (Lipinski definition) is 3. The van der Waals surface area contributed by atoms with E-state index in [0.29, 0.717) is 28.9 Å². The molecule has 5 heteroatoms. The van der Waals surface area contributed by atoms with Gasteiger partial charge in [0, 0.05) is 10.6 Å². The van der Waals surface area contributed by atoms with Gasteiger partial charge in [-0.15, -0.1) is 0 Å². The average Bonchev–Trinajstić information content (AvgIpc) is 2.82. The third-order valence-electron chi connectivity index (χ3n) is 2.77. The van der Waals surface area contributed by atoms with E-state index in [2.05, 4.69) is 26.1 Å². The summed E-state index contributed by atoms with van der Waals surface area (Å²) in [6.07, 6.45) is 0. The van der Waals surface area contributed by atoms with Crippen molar-refractivity contribution in [1.82, 2.24) is 5.32 Å². The van der Waals surface area contributed by atoms with Gasteiger partial charge in [-0.05, 0) is 51.1 Å². The molecule has 2 aromatic rings. The van der Waals surface area contributed by atoms with Crippen molar-refractivity contribution in [3.8, 4) is 5.75 Å². The molecular weight excluding hydrogens is 309 g/mol. The van der Waals surface area contributed by atoms with Gasteiger partial charge in [0.1, 0.15) is 23.9 Å². The van der Waals surface area contributed by atoms with Crippen LogP contribution in [0.2, 0.25) is 10.0 Å². The first-order valence-corrected chi connectivity index (χ1v) is 7.49. The second-order valence-corrected chi connectivity index (χ2v) is 6.68. The number of halogens is 2. The highest BCUT2D eigenvalue weighted by atomic mass is 35.5. The molecule has 3 nitrogen and oxygen atoms in total. The molecule has 0 bridgehead atoms. The number of rotatable bonds is 5. The number of nitrogens with one attached hydrogen (secondary N) is 1. The van der Waals surface area contributed by atoms with E-state index >= 15 is 0 Å². The lowest BCUT2D eigenvalue weighted by molar-refractivity contribution is 0.263. The van der Waals surface area contributed by atoms with E-state index in [1.54, 1.807) is 18.2 Å². The molecule has 0 saturated carbocycles. The van der Waals surface area contributed by atoms with Gasteiger partial charge >= 0.3 is 0 Å². The van der Waals surface area contributed by atoms with Crippen LogP contribution in [-0.2, 0) is 13.2 Å². The second kappa shape index (κ2) is 6.73. The van der Waals surface area contributed by atoms with Crippen LogP contribution in [0, 0.1) is 0 Å². The molecule has 2 rings (SSSR count). The average molecular weight is 328 g/mol. The smallest absolute Gasteiger partial charge is 0.146 e. The summed E-state index contributed by atoms with van der Waals surface area (Å²) in [5, 5.41) is 4.44. The standard InChI is InChI=1S/C16H19Cl2NO2/c1-16(2,3)19-9-12-5-6-13(21-12)10-20-15-7-4-11(17)8-14(15)18/h4-8,19H,9-10H2,1-3H3. The fraction of sp³-hybridized carbons (Fsp3) is 0.375. The number of furan rings is 1. The highest BCUT2D eigenvalue weighted by Gasteiger charge is 2.11. The lowest BCUT2D eigenvalue weighted by atomic mass is 10.1. The van der Waals surface area contributed by atoms with Gasteiger partial charge in [-0.25, -0.2) is 0 Å². The molecule has 0 amide bonds. The van der Waals surface area contributed by atoms with E-state index in [0.717, 1.165) is 11.5 Å². The third-order valence-corrected chi connectivity index (χ3v) is 3.30. The Labute approximate surface area is 135 Å². The van der Waals surface area contributed by atoms with Crippen LogP contribution >= 0.6 is 23.2 Å². The Kier molecular flexibility index (Phi) is 5.20. The molecule has 0 atom stereocenters. The number of hydrogen-bond donors (Lipinski definition) is 1. The van der Waals surface area contributed by atoms with Gasteiger partial charge < -0.3 is 14.5 Å². The van der Waals surface area contributed by atoms with Crippen molar-refractivity contribution < 1.29 is 9.15 Å². The van der Waals surface area contributed by atoms with Crippen molar-refractivity contribution in [2.24, 2.45) is 0 Å². The second-order valence-electron chi connectivity index (χ2n) is 5.83. The Hall–Kier alpha value is -1.16. The Morgan fingerprint density at radius 3 is 2.48 bits per heavy atom. The fourth-order valence-corrected chi connectivity index (χ4v) is 2.15. The molecule has 1 aromatic heterocycles. The van der Waals surface area contributed by atoms with Crippen LogP contribution in [0.4, 0.5) is 0 Å². The molecular formula is C16H19Cl2NO2. The van der Waals surface area contributed by atoms with E-state index in [1.165, 1.54) is 0 Å². The van der Waals surface area contributed by atoms with E-state index < -0.39 is 0 Å². The van der Waals surface area contributed by atoms with Crippen LogP contribution in [0.1, 0.15) is 32.3 Å². The summed E-state index contributed by atoms with van der Waals surface area (Å²) >= 11 is 11.9. The molecule has 0 spiro atoms. The van der Waals surface area contributed by atoms with E-state index in [9.17, 15) is 0 Å². The van der Waals surface area contributed by atoms with Gasteiger partial charge in [-0.2, -0.15) is 0 Å². The van der Waals surface area contributed by atoms with Gasteiger partial charge in [-0.3, -0.25) is 0 Å². The molecule has 0 unspecified atom stereocenters. The lowest BCUT2D eigenvalue weighted by Crippen LogP contribution is -2.34. The maximum atomic E-state index is 6.05. The molecule has 1 heterocycles. The summed E-state index contributed by atoms with van der Waals surface area (Å²) in [5.74, 6) is 2.23. The van der Waals surface area contributed by atoms with Crippen molar-refractivity contribution in [2.75, 3.05) is 0 Å². The highest BCUT2D eigenvalue weighted by molar-refractivity contribution is 6.35. The lowest BCUT2D eigenvalue weighted by Gasteiger charge is -2.19. The predicted octanol–water partition coefficient (Wildman–Crippen LogP) is 5.05. The Morgan fingerprint density at radius 1 is 1.10 bits per heavy atom. The van der Waals surface area contributed by atoms with Crippen LogP contribution in [0.25, 0.3) is 0 Å². The van der Waals surface area contributed by atoms with Crippen LogP contribution in [0.5, 0.6) is 5.75 Å². The third kappa shape index (κ3) is 5.27. The quantitative estimate of drug-likeness (QED) is 0.834. The molecule has 1 aromatic carbocycles.